The molecule has 0 aliphatic rings. The van der Waals surface area contributed by atoms with Crippen LogP contribution in [0.2, 0.25) is 5.15 Å². The second kappa shape index (κ2) is 6.31. The number of rotatable bonds is 5. The molecule has 1 N–H and O–H groups in total. The molecule has 1 atom stereocenters. The monoisotopic (exact) mass is 276 g/mol. The summed E-state index contributed by atoms with van der Waals surface area (Å²) in [4.78, 5) is 26.4. The van der Waals surface area contributed by atoms with Crippen LogP contribution < -0.4 is 11.2 Å². The maximum atomic E-state index is 12.2. The Hall–Kier alpha value is -0.680. The van der Waals surface area contributed by atoms with Crippen molar-refractivity contribution in [3.8, 4) is 0 Å². The van der Waals surface area contributed by atoms with E-state index in [1.54, 1.807) is 11.8 Å². The molecule has 1 rings (SSSR count). The minimum Gasteiger partial charge on any atom is -0.297 e. The molecule has 1 heterocycles. The Bertz CT molecular complexity index is 495. The van der Waals surface area contributed by atoms with Crippen molar-refractivity contribution in [3.63, 3.8) is 0 Å². The predicted molar refractivity (Wildman–Crippen MR) is 73.4 cm³/mol. The van der Waals surface area contributed by atoms with Gasteiger partial charge < -0.3 is 0 Å². The van der Waals surface area contributed by atoms with Crippen LogP contribution in [0, 0.1) is 0 Å². The molecule has 1 unspecified atom stereocenters. The Balaban J connectivity index is 3.35. The summed E-state index contributed by atoms with van der Waals surface area (Å²) in [6.07, 6.45) is 3.34. The van der Waals surface area contributed by atoms with Crippen LogP contribution in [0.25, 0.3) is 0 Å². The highest BCUT2D eigenvalue weighted by Crippen LogP contribution is 2.11. The second-order valence-electron chi connectivity index (χ2n) is 3.95. The lowest BCUT2D eigenvalue weighted by atomic mass is 10.2. The summed E-state index contributed by atoms with van der Waals surface area (Å²) < 4.78 is 1.26. The second-order valence-corrected chi connectivity index (χ2v) is 5.24. The molecule has 1 aromatic heterocycles. The van der Waals surface area contributed by atoms with Crippen molar-refractivity contribution in [1.29, 1.82) is 0 Å². The van der Waals surface area contributed by atoms with Crippen molar-refractivity contribution in [2.75, 3.05) is 12.0 Å². The van der Waals surface area contributed by atoms with Gasteiger partial charge in [-0.15, -0.1) is 0 Å². The van der Waals surface area contributed by atoms with E-state index in [9.17, 15) is 9.59 Å². The average molecular weight is 277 g/mol. The Morgan fingerprint density at radius 3 is 2.65 bits per heavy atom. The molecule has 1 aromatic rings. The van der Waals surface area contributed by atoms with Crippen LogP contribution in [0.3, 0.4) is 0 Å². The van der Waals surface area contributed by atoms with Gasteiger partial charge in [-0.25, -0.2) is 4.79 Å². The molecule has 0 aromatic carbocycles. The lowest BCUT2D eigenvalue weighted by molar-refractivity contribution is 0.547. The molecular formula is C11H17ClN2O2S. The number of hydrogen-bond donors (Lipinski definition) is 1. The Morgan fingerprint density at radius 1 is 1.47 bits per heavy atom. The van der Waals surface area contributed by atoms with Crippen molar-refractivity contribution in [3.05, 3.63) is 31.6 Å². The summed E-state index contributed by atoms with van der Waals surface area (Å²) in [6, 6.07) is -0.130. The summed E-state index contributed by atoms with van der Waals surface area (Å²) >= 11 is 7.49. The SMILES string of the molecule is CCCc1c(Cl)[nH]c(=O)n(C(C)CSC)c1=O. The molecule has 0 radical (unpaired) electrons. The smallest absolute Gasteiger partial charge is 0.297 e. The van der Waals surface area contributed by atoms with Gasteiger partial charge in [-0.05, 0) is 19.6 Å². The van der Waals surface area contributed by atoms with Gasteiger partial charge in [-0.3, -0.25) is 14.3 Å². The first-order valence-electron chi connectivity index (χ1n) is 5.55. The zero-order valence-corrected chi connectivity index (χ0v) is 11.8. The van der Waals surface area contributed by atoms with Crippen molar-refractivity contribution < 1.29 is 0 Å². The number of nitrogens with one attached hydrogen (secondary N) is 1. The molecule has 0 saturated carbocycles. The van der Waals surface area contributed by atoms with E-state index in [0.29, 0.717) is 12.0 Å². The molecule has 0 saturated heterocycles. The fraction of sp³-hybridized carbons (Fsp3) is 0.636. The van der Waals surface area contributed by atoms with Crippen LogP contribution in [0.15, 0.2) is 9.59 Å². The minimum absolute atomic E-state index is 0.130. The Morgan fingerprint density at radius 2 is 2.12 bits per heavy atom. The molecule has 0 spiro atoms. The van der Waals surface area contributed by atoms with Crippen LogP contribution in [0.1, 0.15) is 31.9 Å². The molecule has 0 amide bonds. The van der Waals surface area contributed by atoms with E-state index < -0.39 is 5.69 Å². The third-order valence-electron chi connectivity index (χ3n) is 2.53. The van der Waals surface area contributed by atoms with E-state index in [0.717, 1.165) is 12.2 Å². The summed E-state index contributed by atoms with van der Waals surface area (Å²) in [5.74, 6) is 0.718. The highest BCUT2D eigenvalue weighted by Gasteiger charge is 2.15. The van der Waals surface area contributed by atoms with Gasteiger partial charge in [0.25, 0.3) is 5.56 Å². The predicted octanol–water partition coefficient (Wildman–Crippen LogP) is 2.07. The van der Waals surface area contributed by atoms with Gasteiger partial charge in [0.15, 0.2) is 0 Å². The standard InChI is InChI=1S/C11H17ClN2O2S/c1-4-5-8-9(12)13-11(16)14(10(8)15)7(2)6-17-3/h7H,4-6H2,1-3H3,(H,13,16). The lowest BCUT2D eigenvalue weighted by Gasteiger charge is -2.14. The van der Waals surface area contributed by atoms with E-state index in [-0.39, 0.29) is 16.8 Å². The van der Waals surface area contributed by atoms with Crippen molar-refractivity contribution >= 4 is 23.4 Å². The molecule has 96 valence electrons. The number of hydrogen-bond acceptors (Lipinski definition) is 3. The van der Waals surface area contributed by atoms with Crippen LogP contribution in [-0.2, 0) is 6.42 Å². The zero-order valence-electron chi connectivity index (χ0n) is 10.2. The number of H-pyrrole nitrogens is 1. The summed E-state index contributed by atoms with van der Waals surface area (Å²) in [7, 11) is 0. The van der Waals surface area contributed by atoms with Gasteiger partial charge in [-0.1, -0.05) is 24.9 Å². The van der Waals surface area contributed by atoms with Gasteiger partial charge in [0.05, 0.1) is 5.56 Å². The van der Waals surface area contributed by atoms with Crippen LogP contribution in [-0.4, -0.2) is 21.6 Å². The molecular weight excluding hydrogens is 260 g/mol. The molecule has 0 aliphatic heterocycles. The van der Waals surface area contributed by atoms with Crippen molar-refractivity contribution in [1.82, 2.24) is 9.55 Å². The van der Waals surface area contributed by atoms with E-state index in [2.05, 4.69) is 4.98 Å². The molecule has 6 heteroatoms. The molecule has 0 fully saturated rings. The Kier molecular flexibility index (Phi) is 5.33. The maximum Gasteiger partial charge on any atom is 0.329 e. The number of aromatic nitrogens is 2. The zero-order chi connectivity index (χ0) is 13.0. The largest absolute Gasteiger partial charge is 0.329 e. The minimum atomic E-state index is -0.429. The molecule has 4 nitrogen and oxygen atoms in total. The molecule has 0 aliphatic carbocycles. The summed E-state index contributed by atoms with van der Waals surface area (Å²) in [5.41, 5.74) is -0.190. The van der Waals surface area contributed by atoms with Gasteiger partial charge in [-0.2, -0.15) is 11.8 Å². The average Bonchev–Trinajstić information content (AvgIpc) is 2.24. The number of nitrogens with zero attached hydrogens (tertiary/aromatic N) is 1. The van der Waals surface area contributed by atoms with E-state index in [1.165, 1.54) is 4.57 Å². The van der Waals surface area contributed by atoms with Crippen LogP contribution >= 0.6 is 23.4 Å². The van der Waals surface area contributed by atoms with E-state index in [1.807, 2.05) is 20.1 Å². The summed E-state index contributed by atoms with van der Waals surface area (Å²) in [5, 5.41) is 0.175. The van der Waals surface area contributed by atoms with Crippen LogP contribution in [0.5, 0.6) is 0 Å². The van der Waals surface area contributed by atoms with Gasteiger partial charge in [0.2, 0.25) is 0 Å². The topological polar surface area (TPSA) is 54.9 Å². The fourth-order valence-electron chi connectivity index (χ4n) is 1.74. The number of aromatic amines is 1. The quantitative estimate of drug-likeness (QED) is 0.838. The van der Waals surface area contributed by atoms with Gasteiger partial charge in [0.1, 0.15) is 5.15 Å². The van der Waals surface area contributed by atoms with Crippen LogP contribution in [0.4, 0.5) is 0 Å². The lowest BCUT2D eigenvalue weighted by Crippen LogP contribution is -2.40. The van der Waals surface area contributed by atoms with E-state index >= 15 is 0 Å². The number of halogens is 1. The van der Waals surface area contributed by atoms with Gasteiger partial charge >= 0.3 is 5.69 Å². The first-order valence-corrected chi connectivity index (χ1v) is 7.32. The molecule has 0 bridgehead atoms. The highest BCUT2D eigenvalue weighted by molar-refractivity contribution is 7.98. The third kappa shape index (κ3) is 3.16. The Labute approximate surface area is 109 Å². The molecule has 17 heavy (non-hydrogen) atoms. The van der Waals surface area contributed by atoms with Crippen molar-refractivity contribution in [2.24, 2.45) is 0 Å². The number of thioether (sulfide) groups is 1. The first kappa shape index (κ1) is 14.4. The normalized spacial score (nSPS) is 12.7. The maximum absolute atomic E-state index is 12.2. The van der Waals surface area contributed by atoms with E-state index in [4.69, 9.17) is 11.6 Å². The fourth-order valence-corrected chi connectivity index (χ4v) is 2.63. The third-order valence-corrected chi connectivity index (χ3v) is 3.66. The van der Waals surface area contributed by atoms with Crippen molar-refractivity contribution in [2.45, 2.75) is 32.7 Å². The van der Waals surface area contributed by atoms with Gasteiger partial charge in [0, 0.05) is 11.8 Å². The first-order chi connectivity index (χ1) is 8.02. The summed E-state index contributed by atoms with van der Waals surface area (Å²) in [6.45, 7) is 3.83. The highest BCUT2D eigenvalue weighted by atomic mass is 35.5.